The first-order valence-electron chi connectivity index (χ1n) is 5.40. The predicted molar refractivity (Wildman–Crippen MR) is 63.8 cm³/mol. The Morgan fingerprint density at radius 2 is 2.29 bits per heavy atom. The molecule has 2 N–H and O–H groups in total. The Morgan fingerprint density at radius 3 is 3.06 bits per heavy atom. The number of aromatic nitrogens is 2. The SMILES string of the molecule is COc1ccc2c(c1C)CNc1nc(O)cn1-2. The van der Waals surface area contributed by atoms with Gasteiger partial charge in [-0.3, -0.25) is 4.57 Å². The molecule has 0 fully saturated rings. The molecule has 0 saturated carbocycles. The Kier molecular flexibility index (Phi) is 2.01. The molecule has 0 atom stereocenters. The van der Waals surface area contributed by atoms with Gasteiger partial charge >= 0.3 is 0 Å². The number of rotatable bonds is 1. The number of ether oxygens (including phenoxy) is 1. The average Bonchev–Trinajstić information content (AvgIpc) is 2.70. The summed E-state index contributed by atoms with van der Waals surface area (Å²) in [6.07, 6.45) is 1.60. The summed E-state index contributed by atoms with van der Waals surface area (Å²) >= 11 is 0. The first-order chi connectivity index (χ1) is 8.20. The van der Waals surface area contributed by atoms with Gasteiger partial charge < -0.3 is 15.2 Å². The number of fused-ring (bicyclic) bond motifs is 3. The quantitative estimate of drug-likeness (QED) is 0.786. The fourth-order valence-electron chi connectivity index (χ4n) is 2.23. The van der Waals surface area contributed by atoms with Crippen LogP contribution < -0.4 is 10.1 Å². The lowest BCUT2D eigenvalue weighted by atomic mass is 10.0. The molecule has 0 bridgehead atoms. The minimum absolute atomic E-state index is 0.0221. The van der Waals surface area contributed by atoms with Crippen LogP contribution in [-0.4, -0.2) is 21.8 Å². The second-order valence-electron chi connectivity index (χ2n) is 4.04. The number of hydrogen-bond acceptors (Lipinski definition) is 4. The number of nitrogens with one attached hydrogen (secondary N) is 1. The Morgan fingerprint density at radius 1 is 1.47 bits per heavy atom. The van der Waals surface area contributed by atoms with Crippen LogP contribution in [0.25, 0.3) is 5.69 Å². The van der Waals surface area contributed by atoms with Crippen LogP contribution in [0.3, 0.4) is 0 Å². The zero-order valence-electron chi connectivity index (χ0n) is 9.69. The zero-order valence-corrected chi connectivity index (χ0v) is 9.69. The summed E-state index contributed by atoms with van der Waals surface area (Å²) in [5.74, 6) is 1.56. The highest BCUT2D eigenvalue weighted by atomic mass is 16.5. The Hall–Kier alpha value is -2.17. The van der Waals surface area contributed by atoms with E-state index in [1.54, 1.807) is 13.3 Å². The maximum absolute atomic E-state index is 9.42. The molecule has 0 amide bonds. The third-order valence-corrected chi connectivity index (χ3v) is 3.12. The van der Waals surface area contributed by atoms with Crippen LogP contribution in [0, 0.1) is 6.92 Å². The predicted octanol–water partition coefficient (Wildman–Crippen LogP) is 1.82. The van der Waals surface area contributed by atoms with E-state index < -0.39 is 0 Å². The van der Waals surface area contributed by atoms with Crippen molar-refractivity contribution in [3.8, 4) is 17.3 Å². The summed E-state index contributed by atoms with van der Waals surface area (Å²) in [5, 5.41) is 12.6. The number of hydrogen-bond donors (Lipinski definition) is 2. The number of benzene rings is 1. The Labute approximate surface area is 98.7 Å². The van der Waals surface area contributed by atoms with Crippen LogP contribution in [-0.2, 0) is 6.54 Å². The highest BCUT2D eigenvalue weighted by molar-refractivity contribution is 5.59. The standard InChI is InChI=1S/C12H13N3O2/c1-7-8-5-13-12-14-11(16)6-15(12)9(8)3-4-10(7)17-2/h3-4,6,16H,5H2,1-2H3,(H,13,14). The summed E-state index contributed by atoms with van der Waals surface area (Å²) in [4.78, 5) is 4.00. The average molecular weight is 231 g/mol. The fraction of sp³-hybridized carbons (Fsp3) is 0.250. The van der Waals surface area contributed by atoms with E-state index in [-0.39, 0.29) is 5.88 Å². The van der Waals surface area contributed by atoms with Gasteiger partial charge in [-0.05, 0) is 24.6 Å². The molecule has 1 aliphatic heterocycles. The van der Waals surface area contributed by atoms with Gasteiger partial charge in [0.15, 0.2) is 0 Å². The molecular weight excluding hydrogens is 218 g/mol. The van der Waals surface area contributed by atoms with Crippen molar-refractivity contribution in [1.29, 1.82) is 0 Å². The van der Waals surface area contributed by atoms with E-state index >= 15 is 0 Å². The highest BCUT2D eigenvalue weighted by Crippen LogP contribution is 2.33. The normalized spacial score (nSPS) is 12.6. The summed E-state index contributed by atoms with van der Waals surface area (Å²) in [7, 11) is 1.67. The van der Waals surface area contributed by atoms with Crippen LogP contribution in [0.5, 0.6) is 11.6 Å². The van der Waals surface area contributed by atoms with Crippen molar-refractivity contribution in [2.45, 2.75) is 13.5 Å². The van der Waals surface area contributed by atoms with Crippen LogP contribution in [0.15, 0.2) is 18.3 Å². The van der Waals surface area contributed by atoms with Gasteiger partial charge in [-0.2, -0.15) is 4.98 Å². The molecule has 5 heteroatoms. The second kappa shape index (κ2) is 3.41. The third-order valence-electron chi connectivity index (χ3n) is 3.12. The van der Waals surface area contributed by atoms with Crippen LogP contribution in [0.2, 0.25) is 0 Å². The zero-order chi connectivity index (χ0) is 12.0. The van der Waals surface area contributed by atoms with E-state index in [9.17, 15) is 5.11 Å². The lowest BCUT2D eigenvalue weighted by Gasteiger charge is -2.22. The number of imidazole rings is 1. The summed E-state index contributed by atoms with van der Waals surface area (Å²) in [6.45, 7) is 2.72. The topological polar surface area (TPSA) is 59.3 Å². The molecule has 0 aliphatic carbocycles. The second-order valence-corrected chi connectivity index (χ2v) is 4.04. The molecule has 5 nitrogen and oxygen atoms in total. The van der Waals surface area contributed by atoms with Gasteiger partial charge in [-0.15, -0.1) is 0 Å². The third kappa shape index (κ3) is 1.35. The van der Waals surface area contributed by atoms with Crippen molar-refractivity contribution in [2.75, 3.05) is 12.4 Å². The van der Waals surface area contributed by atoms with Crippen molar-refractivity contribution in [1.82, 2.24) is 9.55 Å². The van der Waals surface area contributed by atoms with E-state index in [0.717, 1.165) is 22.6 Å². The van der Waals surface area contributed by atoms with E-state index in [1.807, 2.05) is 23.6 Å². The molecule has 1 aromatic heterocycles. The van der Waals surface area contributed by atoms with Crippen LogP contribution >= 0.6 is 0 Å². The van der Waals surface area contributed by atoms with Crippen LogP contribution in [0.1, 0.15) is 11.1 Å². The minimum atomic E-state index is 0.0221. The molecule has 0 saturated heterocycles. The Bertz CT molecular complexity index is 590. The first kappa shape index (κ1) is 10.0. The number of anilines is 1. The highest BCUT2D eigenvalue weighted by Gasteiger charge is 2.20. The van der Waals surface area contributed by atoms with Gasteiger partial charge in [0.25, 0.3) is 0 Å². The van der Waals surface area contributed by atoms with E-state index in [0.29, 0.717) is 12.5 Å². The lowest BCUT2D eigenvalue weighted by Crippen LogP contribution is -2.16. The molecule has 3 rings (SSSR count). The molecule has 0 unspecified atom stereocenters. The monoisotopic (exact) mass is 231 g/mol. The van der Waals surface area contributed by atoms with Crippen molar-refractivity contribution >= 4 is 5.95 Å². The first-order valence-corrected chi connectivity index (χ1v) is 5.40. The van der Waals surface area contributed by atoms with Crippen molar-refractivity contribution in [3.05, 3.63) is 29.5 Å². The summed E-state index contributed by atoms with van der Waals surface area (Å²) in [6, 6.07) is 3.91. The smallest absolute Gasteiger partial charge is 0.231 e. The molecule has 17 heavy (non-hydrogen) atoms. The molecule has 0 spiro atoms. The van der Waals surface area contributed by atoms with Crippen molar-refractivity contribution in [3.63, 3.8) is 0 Å². The summed E-state index contributed by atoms with van der Waals surface area (Å²) < 4.78 is 7.15. The van der Waals surface area contributed by atoms with E-state index in [2.05, 4.69) is 10.3 Å². The molecule has 2 aromatic rings. The molecule has 0 radical (unpaired) electrons. The molecule has 1 aromatic carbocycles. The number of nitrogens with zero attached hydrogens (tertiary/aromatic N) is 2. The van der Waals surface area contributed by atoms with Gasteiger partial charge in [-0.1, -0.05) is 0 Å². The van der Waals surface area contributed by atoms with Crippen molar-refractivity contribution in [2.24, 2.45) is 0 Å². The molecular formula is C12H13N3O2. The van der Waals surface area contributed by atoms with Gasteiger partial charge in [0, 0.05) is 12.1 Å². The minimum Gasteiger partial charge on any atom is -0.496 e. The largest absolute Gasteiger partial charge is 0.496 e. The number of methoxy groups -OCH3 is 1. The molecule has 1 aliphatic rings. The Balaban J connectivity index is 2.23. The molecule has 88 valence electrons. The van der Waals surface area contributed by atoms with Gasteiger partial charge in [0.2, 0.25) is 11.8 Å². The van der Waals surface area contributed by atoms with Gasteiger partial charge in [-0.25, -0.2) is 0 Å². The number of aromatic hydroxyl groups is 1. The van der Waals surface area contributed by atoms with E-state index in [1.165, 1.54) is 0 Å². The molecule has 2 heterocycles. The fourth-order valence-corrected chi connectivity index (χ4v) is 2.23. The van der Waals surface area contributed by atoms with E-state index in [4.69, 9.17) is 4.74 Å². The van der Waals surface area contributed by atoms with Crippen molar-refractivity contribution < 1.29 is 9.84 Å². The van der Waals surface area contributed by atoms with Gasteiger partial charge in [0.05, 0.1) is 19.0 Å². The maximum Gasteiger partial charge on any atom is 0.231 e. The summed E-state index contributed by atoms with van der Waals surface area (Å²) in [5.41, 5.74) is 3.30. The maximum atomic E-state index is 9.42. The van der Waals surface area contributed by atoms with Crippen LogP contribution in [0.4, 0.5) is 5.95 Å². The van der Waals surface area contributed by atoms with Gasteiger partial charge in [0.1, 0.15) is 5.75 Å². The lowest BCUT2D eigenvalue weighted by molar-refractivity contribution is 0.411.